The van der Waals surface area contributed by atoms with Crippen LogP contribution in [0.1, 0.15) is 51.6 Å². The smallest absolute Gasteiger partial charge is 0.356 e. The zero-order valence-corrected chi connectivity index (χ0v) is 23.4. The van der Waals surface area contributed by atoms with E-state index in [9.17, 15) is 14.0 Å². The van der Waals surface area contributed by atoms with Crippen molar-refractivity contribution in [3.8, 4) is 0 Å². The Bertz CT molecular complexity index is 1590. The van der Waals surface area contributed by atoms with Crippen molar-refractivity contribution < 1.29 is 23.5 Å². The van der Waals surface area contributed by atoms with Crippen LogP contribution in [0.3, 0.4) is 0 Å². The maximum absolute atomic E-state index is 14.2. The van der Waals surface area contributed by atoms with E-state index >= 15 is 0 Å². The number of pyridine rings is 1. The molecular weight excluding hydrogens is 551 g/mol. The van der Waals surface area contributed by atoms with Gasteiger partial charge in [0, 0.05) is 42.9 Å². The fourth-order valence-electron chi connectivity index (χ4n) is 5.40. The largest absolute Gasteiger partial charge is 0.464 e. The average molecular weight is 581 g/mol. The Morgan fingerprint density at radius 3 is 2.61 bits per heavy atom. The molecule has 2 aliphatic rings. The van der Waals surface area contributed by atoms with Crippen LogP contribution in [0.2, 0.25) is 5.02 Å². The van der Waals surface area contributed by atoms with E-state index in [1.807, 2.05) is 4.90 Å². The zero-order chi connectivity index (χ0) is 28.5. The van der Waals surface area contributed by atoms with Crippen molar-refractivity contribution in [3.63, 3.8) is 0 Å². The summed E-state index contributed by atoms with van der Waals surface area (Å²) in [6.45, 7) is 2.80. The van der Waals surface area contributed by atoms with Crippen LogP contribution in [0, 0.1) is 11.7 Å². The third-order valence-corrected chi connectivity index (χ3v) is 8.06. The van der Waals surface area contributed by atoms with Crippen LogP contribution in [0.5, 0.6) is 0 Å². The summed E-state index contributed by atoms with van der Waals surface area (Å²) in [7, 11) is 1.34. The molecule has 0 unspecified atom stereocenters. The summed E-state index contributed by atoms with van der Waals surface area (Å²) in [5, 5.41) is 4.73. The minimum absolute atomic E-state index is 0.102. The maximum atomic E-state index is 14.2. The number of benzene rings is 1. The summed E-state index contributed by atoms with van der Waals surface area (Å²) < 4.78 is 28.3. The molecule has 5 heterocycles. The van der Waals surface area contributed by atoms with Crippen molar-refractivity contribution in [2.75, 3.05) is 26.8 Å². The number of imidazole rings is 1. The summed E-state index contributed by atoms with van der Waals surface area (Å²) in [6, 6.07) is 9.62. The van der Waals surface area contributed by atoms with Gasteiger partial charge in [-0.25, -0.2) is 19.2 Å². The number of hydrogen-bond donors (Lipinski definition) is 0. The highest BCUT2D eigenvalue weighted by atomic mass is 35.5. The molecule has 0 bridgehead atoms. The van der Waals surface area contributed by atoms with Crippen LogP contribution in [0.4, 0.5) is 4.39 Å². The van der Waals surface area contributed by atoms with Crippen LogP contribution in [0.25, 0.3) is 11.2 Å². The molecular formula is C29H30ClFN6O4. The number of ether oxygens (including phenoxy) is 2. The van der Waals surface area contributed by atoms with Crippen molar-refractivity contribution in [3.05, 3.63) is 76.2 Å². The van der Waals surface area contributed by atoms with Crippen LogP contribution < -0.4 is 0 Å². The van der Waals surface area contributed by atoms with E-state index in [1.54, 1.807) is 41.2 Å². The number of esters is 1. The Morgan fingerprint density at radius 1 is 1.10 bits per heavy atom. The molecule has 41 heavy (non-hydrogen) atoms. The number of aromatic nitrogens is 5. The lowest BCUT2D eigenvalue weighted by molar-refractivity contribution is -0.0591. The van der Waals surface area contributed by atoms with E-state index < -0.39 is 11.8 Å². The molecule has 1 aromatic carbocycles. The summed E-state index contributed by atoms with van der Waals surface area (Å²) >= 11 is 5.84. The predicted octanol–water partition coefficient (Wildman–Crippen LogP) is 4.14. The molecule has 3 aromatic heterocycles. The van der Waals surface area contributed by atoms with E-state index in [2.05, 4.69) is 14.6 Å². The Morgan fingerprint density at radius 2 is 1.90 bits per heavy atom. The molecule has 0 saturated carbocycles. The molecule has 1 atom stereocenters. The van der Waals surface area contributed by atoms with Gasteiger partial charge < -0.3 is 18.9 Å². The first-order chi connectivity index (χ1) is 19.9. The van der Waals surface area contributed by atoms with Gasteiger partial charge in [-0.15, -0.1) is 0 Å². The van der Waals surface area contributed by atoms with Crippen molar-refractivity contribution in [1.82, 2.24) is 29.2 Å². The third-order valence-electron chi connectivity index (χ3n) is 7.83. The lowest BCUT2D eigenvalue weighted by Crippen LogP contribution is -2.39. The van der Waals surface area contributed by atoms with Gasteiger partial charge >= 0.3 is 5.97 Å². The molecule has 0 N–H and O–H groups in total. The van der Waals surface area contributed by atoms with Gasteiger partial charge in [0.25, 0.3) is 5.91 Å². The molecule has 0 aliphatic carbocycles. The Kier molecular flexibility index (Phi) is 7.72. The molecule has 6 rings (SSSR count). The van der Waals surface area contributed by atoms with Crippen LogP contribution in [0.15, 0.2) is 42.6 Å². The fourth-order valence-corrected chi connectivity index (χ4v) is 5.55. The van der Waals surface area contributed by atoms with Crippen LogP contribution in [-0.2, 0) is 29.0 Å². The van der Waals surface area contributed by atoms with Gasteiger partial charge in [-0.2, -0.15) is 5.10 Å². The minimum atomic E-state index is -0.486. The summed E-state index contributed by atoms with van der Waals surface area (Å²) in [6.07, 6.45) is 5.15. The van der Waals surface area contributed by atoms with Crippen molar-refractivity contribution >= 4 is 34.6 Å². The van der Waals surface area contributed by atoms with Crippen molar-refractivity contribution in [2.24, 2.45) is 5.92 Å². The number of carbonyl (C=O) groups is 2. The number of rotatable bonds is 8. The van der Waals surface area contributed by atoms with Gasteiger partial charge in [-0.3, -0.25) is 9.48 Å². The molecule has 2 fully saturated rings. The first-order valence-electron chi connectivity index (χ1n) is 13.7. The van der Waals surface area contributed by atoms with Gasteiger partial charge in [0.15, 0.2) is 11.3 Å². The van der Waals surface area contributed by atoms with Gasteiger partial charge in [-0.05, 0) is 55.5 Å². The number of halogens is 2. The topological polar surface area (TPSA) is 104 Å². The Labute approximate surface area is 241 Å². The Hall–Kier alpha value is -3.83. The summed E-state index contributed by atoms with van der Waals surface area (Å²) in [5.41, 5.74) is 2.42. The standard InChI is InChI=1S/C29H30ClFN6O4/c1-40-29(39)25-5-4-23-27(33-25)37(17-21-9-13-41-21)26(32-23)14-18-6-10-35(11-7-18)28(38)24-8-12-36(34-24)16-19-2-3-20(30)15-22(19)31/h2-5,8,12,15,18,21H,6-7,9-11,13-14,16-17H2,1H3/t21-/m0/s1. The highest BCUT2D eigenvalue weighted by molar-refractivity contribution is 6.30. The first-order valence-corrected chi connectivity index (χ1v) is 14.1. The van der Waals surface area contributed by atoms with Crippen LogP contribution >= 0.6 is 11.6 Å². The molecule has 1 amide bonds. The lowest BCUT2D eigenvalue weighted by atomic mass is 9.93. The first kappa shape index (κ1) is 27.3. The number of methoxy groups -OCH3 is 1. The number of piperidine rings is 1. The number of nitrogens with zero attached hydrogens (tertiary/aromatic N) is 6. The van der Waals surface area contributed by atoms with Crippen LogP contribution in [-0.4, -0.2) is 74.0 Å². The van der Waals surface area contributed by atoms with Gasteiger partial charge in [0.2, 0.25) is 0 Å². The highest BCUT2D eigenvalue weighted by Crippen LogP contribution is 2.26. The van der Waals surface area contributed by atoms with Gasteiger partial charge in [-0.1, -0.05) is 17.7 Å². The van der Waals surface area contributed by atoms with Crippen molar-refractivity contribution in [1.29, 1.82) is 0 Å². The maximum Gasteiger partial charge on any atom is 0.356 e. The number of carbonyl (C=O) groups excluding carboxylic acids is 2. The zero-order valence-electron chi connectivity index (χ0n) is 22.6. The molecule has 4 aromatic rings. The van der Waals surface area contributed by atoms with E-state index in [0.29, 0.717) is 47.5 Å². The number of fused-ring (bicyclic) bond motifs is 1. The second-order valence-electron chi connectivity index (χ2n) is 10.5. The lowest BCUT2D eigenvalue weighted by Gasteiger charge is -2.32. The monoisotopic (exact) mass is 580 g/mol. The molecule has 0 radical (unpaired) electrons. The second-order valence-corrected chi connectivity index (χ2v) is 11.0. The van der Waals surface area contributed by atoms with Crippen molar-refractivity contribution in [2.45, 2.75) is 44.9 Å². The number of amides is 1. The molecule has 214 valence electrons. The number of hydrogen-bond acceptors (Lipinski definition) is 7. The molecule has 12 heteroatoms. The van der Waals surface area contributed by atoms with E-state index in [0.717, 1.165) is 43.6 Å². The van der Waals surface area contributed by atoms with Gasteiger partial charge in [0.1, 0.15) is 22.9 Å². The van der Waals surface area contributed by atoms with E-state index in [-0.39, 0.29) is 24.2 Å². The number of likely N-dealkylation sites (tertiary alicyclic amines) is 1. The summed E-state index contributed by atoms with van der Waals surface area (Å²) in [4.78, 5) is 36.5. The normalized spacial score (nSPS) is 17.5. The fraction of sp³-hybridized carbons (Fsp3) is 0.414. The summed E-state index contributed by atoms with van der Waals surface area (Å²) in [5.74, 6) is 0.217. The Balaban J connectivity index is 1.11. The van der Waals surface area contributed by atoms with E-state index in [1.165, 1.54) is 13.2 Å². The quantitative estimate of drug-likeness (QED) is 0.289. The third kappa shape index (κ3) is 5.82. The molecule has 2 aliphatic heterocycles. The SMILES string of the molecule is COC(=O)c1ccc2nc(CC3CCN(C(=O)c4ccn(Cc5ccc(Cl)cc5F)n4)CC3)n(C[C@@H]3CCO3)c2n1. The molecule has 2 saturated heterocycles. The van der Waals surface area contributed by atoms with Gasteiger partial charge in [0.05, 0.1) is 26.3 Å². The minimum Gasteiger partial charge on any atom is -0.464 e. The predicted molar refractivity (Wildman–Crippen MR) is 148 cm³/mol. The van der Waals surface area contributed by atoms with E-state index in [4.69, 9.17) is 26.1 Å². The molecule has 10 nitrogen and oxygen atoms in total. The average Bonchev–Trinajstić information content (AvgIpc) is 3.55. The second kappa shape index (κ2) is 11.6. The molecule has 0 spiro atoms. The highest BCUT2D eigenvalue weighted by Gasteiger charge is 2.28.